The lowest BCUT2D eigenvalue weighted by atomic mass is 10.1. The number of furan rings is 1. The van der Waals surface area contributed by atoms with Crippen LogP contribution >= 0.6 is 0 Å². The van der Waals surface area contributed by atoms with Crippen molar-refractivity contribution in [2.75, 3.05) is 0 Å². The third-order valence-electron chi connectivity index (χ3n) is 4.23. The number of benzene rings is 1. The summed E-state index contributed by atoms with van der Waals surface area (Å²) in [5.41, 5.74) is 3.90. The third-order valence-corrected chi connectivity index (χ3v) is 4.23. The molecule has 0 saturated heterocycles. The number of H-pyrrole nitrogens is 1. The van der Waals surface area contributed by atoms with Gasteiger partial charge in [0.15, 0.2) is 11.3 Å². The van der Waals surface area contributed by atoms with Crippen LogP contribution in [-0.4, -0.2) is 4.98 Å². The fraction of sp³-hybridized carbons (Fsp3) is 0.250. The average Bonchev–Trinajstić information content (AvgIpc) is 3.16. The number of nitrogens with one attached hydrogen (secondary N) is 1. The molecular weight excluding hydrogens is 302 g/mol. The molecule has 1 N–H and O–H groups in total. The van der Waals surface area contributed by atoms with Crippen molar-refractivity contribution in [1.29, 1.82) is 0 Å². The van der Waals surface area contributed by atoms with E-state index < -0.39 is 0 Å². The summed E-state index contributed by atoms with van der Waals surface area (Å²) >= 11 is 0. The molecule has 0 atom stereocenters. The van der Waals surface area contributed by atoms with E-state index in [1.807, 2.05) is 37.3 Å². The highest BCUT2D eigenvalue weighted by Gasteiger charge is 2.21. The predicted molar refractivity (Wildman–Crippen MR) is 95.3 cm³/mol. The number of hydrogen-bond acceptors (Lipinski definition) is 3. The molecule has 24 heavy (non-hydrogen) atoms. The van der Waals surface area contributed by atoms with E-state index >= 15 is 0 Å². The topological polar surface area (TPSA) is 59.1 Å². The Bertz CT molecular complexity index is 1080. The Balaban J connectivity index is 2.14. The molecule has 0 aliphatic rings. The molecule has 0 unspecified atom stereocenters. The van der Waals surface area contributed by atoms with Gasteiger partial charge in [-0.25, -0.2) is 0 Å². The van der Waals surface area contributed by atoms with Crippen molar-refractivity contribution in [3.05, 3.63) is 58.1 Å². The van der Waals surface area contributed by atoms with Crippen LogP contribution in [0.15, 0.2) is 50.2 Å². The second-order valence-corrected chi connectivity index (χ2v) is 6.69. The molecule has 122 valence electrons. The SMILES string of the molecule is Cc1ccc2oc3c(CC(C)C)[nH]c(-c4ccco4)c3c(=O)c2c1. The summed E-state index contributed by atoms with van der Waals surface area (Å²) in [5, 5.41) is 1.17. The fourth-order valence-electron chi connectivity index (χ4n) is 3.18. The lowest BCUT2D eigenvalue weighted by Gasteiger charge is -2.03. The second kappa shape index (κ2) is 5.41. The van der Waals surface area contributed by atoms with Crippen molar-refractivity contribution in [3.63, 3.8) is 0 Å². The Hall–Kier alpha value is -2.75. The number of aromatic nitrogens is 1. The van der Waals surface area contributed by atoms with Gasteiger partial charge < -0.3 is 13.8 Å². The first-order chi connectivity index (χ1) is 11.5. The maximum atomic E-state index is 13.1. The number of rotatable bonds is 3. The van der Waals surface area contributed by atoms with Crippen molar-refractivity contribution in [2.24, 2.45) is 5.92 Å². The largest absolute Gasteiger partial charge is 0.463 e. The van der Waals surface area contributed by atoms with Crippen LogP contribution in [0.1, 0.15) is 25.1 Å². The molecule has 4 nitrogen and oxygen atoms in total. The van der Waals surface area contributed by atoms with Crippen molar-refractivity contribution >= 4 is 21.9 Å². The standard InChI is InChI=1S/C20H19NO3/c1-11(2)9-14-20-17(18(21-14)16-5-4-8-23-16)19(22)13-10-12(3)6-7-15(13)24-20/h4-8,10-11,21H,9H2,1-3H3. The van der Waals surface area contributed by atoms with Crippen LogP contribution < -0.4 is 5.43 Å². The predicted octanol–water partition coefficient (Wildman–Crippen LogP) is 5.04. The molecule has 4 heteroatoms. The number of hydrogen-bond donors (Lipinski definition) is 1. The molecule has 3 heterocycles. The molecule has 0 amide bonds. The van der Waals surface area contributed by atoms with Gasteiger partial charge in [-0.3, -0.25) is 4.79 Å². The van der Waals surface area contributed by atoms with E-state index in [2.05, 4.69) is 18.8 Å². The van der Waals surface area contributed by atoms with Crippen molar-refractivity contribution in [1.82, 2.24) is 4.98 Å². The zero-order chi connectivity index (χ0) is 16.8. The molecule has 0 fully saturated rings. The van der Waals surface area contributed by atoms with Gasteiger partial charge >= 0.3 is 0 Å². The van der Waals surface area contributed by atoms with E-state index in [1.54, 1.807) is 6.26 Å². The van der Waals surface area contributed by atoms with Crippen LogP contribution in [0.4, 0.5) is 0 Å². The van der Waals surface area contributed by atoms with Gasteiger partial charge in [-0.15, -0.1) is 0 Å². The molecule has 4 aromatic rings. The van der Waals surface area contributed by atoms with Crippen LogP contribution in [0.3, 0.4) is 0 Å². The Kier molecular flexibility index (Phi) is 3.34. The van der Waals surface area contributed by atoms with E-state index in [0.29, 0.717) is 39.3 Å². The molecule has 3 aromatic heterocycles. The van der Waals surface area contributed by atoms with Gasteiger partial charge in [-0.2, -0.15) is 0 Å². The normalized spacial score (nSPS) is 11.8. The van der Waals surface area contributed by atoms with E-state index in [0.717, 1.165) is 17.7 Å². The second-order valence-electron chi connectivity index (χ2n) is 6.69. The van der Waals surface area contributed by atoms with Crippen molar-refractivity contribution in [2.45, 2.75) is 27.2 Å². The minimum Gasteiger partial charge on any atom is -0.463 e. The highest BCUT2D eigenvalue weighted by Crippen LogP contribution is 2.32. The summed E-state index contributed by atoms with van der Waals surface area (Å²) in [6.07, 6.45) is 2.41. The number of aryl methyl sites for hydroxylation is 1. The van der Waals surface area contributed by atoms with Crippen LogP contribution in [0.2, 0.25) is 0 Å². The number of fused-ring (bicyclic) bond motifs is 2. The van der Waals surface area contributed by atoms with Crippen LogP contribution in [0.25, 0.3) is 33.4 Å². The van der Waals surface area contributed by atoms with Gasteiger partial charge in [0, 0.05) is 0 Å². The van der Waals surface area contributed by atoms with E-state index in [9.17, 15) is 4.79 Å². The number of aromatic amines is 1. The zero-order valence-corrected chi connectivity index (χ0v) is 14.0. The van der Waals surface area contributed by atoms with Gasteiger partial charge in [0.2, 0.25) is 5.43 Å². The first-order valence-corrected chi connectivity index (χ1v) is 8.16. The third kappa shape index (κ3) is 2.26. The monoisotopic (exact) mass is 321 g/mol. The molecule has 1 aromatic carbocycles. The average molecular weight is 321 g/mol. The summed E-state index contributed by atoms with van der Waals surface area (Å²) in [6.45, 7) is 6.25. The lowest BCUT2D eigenvalue weighted by Crippen LogP contribution is -2.02. The minimum absolute atomic E-state index is 0.0207. The maximum Gasteiger partial charge on any atom is 0.202 e. The molecule has 0 bridgehead atoms. The highest BCUT2D eigenvalue weighted by atomic mass is 16.3. The first-order valence-electron chi connectivity index (χ1n) is 8.16. The summed E-state index contributed by atoms with van der Waals surface area (Å²) in [5.74, 6) is 1.09. The summed E-state index contributed by atoms with van der Waals surface area (Å²) in [6, 6.07) is 9.37. The van der Waals surface area contributed by atoms with E-state index in [4.69, 9.17) is 8.83 Å². The van der Waals surface area contributed by atoms with E-state index in [-0.39, 0.29) is 5.43 Å². The quantitative estimate of drug-likeness (QED) is 0.575. The highest BCUT2D eigenvalue weighted by molar-refractivity contribution is 5.99. The minimum atomic E-state index is -0.0207. The smallest absolute Gasteiger partial charge is 0.202 e. The molecule has 0 spiro atoms. The van der Waals surface area contributed by atoms with Crippen LogP contribution in [0.5, 0.6) is 0 Å². The molecule has 0 aliphatic carbocycles. The van der Waals surface area contributed by atoms with Gasteiger partial charge in [-0.1, -0.05) is 25.5 Å². The van der Waals surface area contributed by atoms with Gasteiger partial charge in [0.25, 0.3) is 0 Å². The Morgan fingerprint density at radius 1 is 1.21 bits per heavy atom. The van der Waals surface area contributed by atoms with Crippen LogP contribution in [0, 0.1) is 12.8 Å². The summed E-state index contributed by atoms with van der Waals surface area (Å²) in [7, 11) is 0. The lowest BCUT2D eigenvalue weighted by molar-refractivity contribution is 0.580. The van der Waals surface area contributed by atoms with Gasteiger partial charge in [-0.05, 0) is 43.5 Å². The van der Waals surface area contributed by atoms with Crippen molar-refractivity contribution < 1.29 is 8.83 Å². The molecule has 0 saturated carbocycles. The zero-order valence-electron chi connectivity index (χ0n) is 14.0. The summed E-state index contributed by atoms with van der Waals surface area (Å²) in [4.78, 5) is 16.5. The van der Waals surface area contributed by atoms with E-state index in [1.165, 1.54) is 0 Å². The first kappa shape index (κ1) is 14.8. The molecule has 4 rings (SSSR count). The Morgan fingerprint density at radius 3 is 2.75 bits per heavy atom. The molecule has 0 radical (unpaired) electrons. The Labute approximate surface area is 139 Å². The Morgan fingerprint density at radius 2 is 2.04 bits per heavy atom. The van der Waals surface area contributed by atoms with Crippen LogP contribution in [-0.2, 0) is 6.42 Å². The molecular formula is C20H19NO3. The molecule has 0 aliphatic heterocycles. The van der Waals surface area contributed by atoms with Gasteiger partial charge in [0.05, 0.1) is 28.4 Å². The van der Waals surface area contributed by atoms with Crippen molar-refractivity contribution in [3.8, 4) is 11.5 Å². The fourth-order valence-corrected chi connectivity index (χ4v) is 3.18. The maximum absolute atomic E-state index is 13.1. The summed E-state index contributed by atoms with van der Waals surface area (Å²) < 4.78 is 11.6. The van der Waals surface area contributed by atoms with Gasteiger partial charge in [0.1, 0.15) is 5.58 Å².